The van der Waals surface area contributed by atoms with Crippen LogP contribution in [0.4, 0.5) is 0 Å². The highest BCUT2D eigenvalue weighted by molar-refractivity contribution is 9.10. The predicted octanol–water partition coefficient (Wildman–Crippen LogP) is 2.65. The molecule has 0 aliphatic carbocycles. The summed E-state index contributed by atoms with van der Waals surface area (Å²) in [6.07, 6.45) is 0. The van der Waals surface area contributed by atoms with Crippen LogP contribution in [-0.2, 0) is 0 Å². The number of nitrogens with one attached hydrogen (secondary N) is 1. The van der Waals surface area contributed by atoms with Crippen molar-refractivity contribution in [2.45, 2.75) is 6.92 Å². The van der Waals surface area contributed by atoms with Gasteiger partial charge in [-0.3, -0.25) is 9.78 Å². The van der Waals surface area contributed by atoms with Gasteiger partial charge in [0.1, 0.15) is 0 Å². The molecule has 5 heteroatoms. The molecule has 0 aliphatic heterocycles. The Bertz CT molecular complexity index is 564. The molecule has 1 aromatic carbocycles. The van der Waals surface area contributed by atoms with Crippen molar-refractivity contribution >= 4 is 38.4 Å². The number of nitrogens with zero attached hydrogens (tertiary/aromatic N) is 1. The van der Waals surface area contributed by atoms with E-state index in [-0.39, 0.29) is 10.8 Å². The number of hydrogen-bond acceptors (Lipinski definition) is 2. The zero-order valence-electron chi connectivity index (χ0n) is 7.27. The summed E-state index contributed by atoms with van der Waals surface area (Å²) in [5.74, 6) is 0. The Balaban J connectivity index is 3.02. The lowest BCUT2D eigenvalue weighted by molar-refractivity contribution is 1.17. The van der Waals surface area contributed by atoms with Crippen molar-refractivity contribution in [2.75, 3.05) is 0 Å². The summed E-state index contributed by atoms with van der Waals surface area (Å²) in [6.45, 7) is 1.91. The number of rotatable bonds is 0. The highest BCUT2D eigenvalue weighted by atomic mass is 79.9. The van der Waals surface area contributed by atoms with Gasteiger partial charge in [0.25, 0.3) is 5.56 Å². The Morgan fingerprint density at radius 1 is 1.50 bits per heavy atom. The number of benzene rings is 1. The lowest BCUT2D eigenvalue weighted by Gasteiger charge is -2.01. The highest BCUT2D eigenvalue weighted by Crippen LogP contribution is 2.22. The lowest BCUT2D eigenvalue weighted by atomic mass is 10.2. The van der Waals surface area contributed by atoms with Crippen LogP contribution < -0.4 is 5.56 Å². The van der Waals surface area contributed by atoms with Gasteiger partial charge in [-0.2, -0.15) is 0 Å². The Hall–Kier alpha value is -0.870. The molecule has 1 aromatic heterocycles. The van der Waals surface area contributed by atoms with Gasteiger partial charge >= 0.3 is 0 Å². The first-order valence-corrected chi connectivity index (χ1v) is 5.10. The maximum atomic E-state index is 11.5. The molecule has 0 amide bonds. The van der Waals surface area contributed by atoms with Crippen LogP contribution in [-0.4, -0.2) is 9.97 Å². The van der Waals surface area contributed by atoms with E-state index in [2.05, 4.69) is 25.9 Å². The molecule has 0 unspecified atom stereocenters. The fourth-order valence-corrected chi connectivity index (χ4v) is 2.14. The second kappa shape index (κ2) is 3.37. The Kier molecular flexibility index (Phi) is 2.33. The lowest BCUT2D eigenvalue weighted by Crippen LogP contribution is -2.08. The average Bonchev–Trinajstić information content (AvgIpc) is 2.07. The fraction of sp³-hybridized carbons (Fsp3) is 0.111. The van der Waals surface area contributed by atoms with Crippen LogP contribution in [0, 0.1) is 6.92 Å². The third-order valence-corrected chi connectivity index (χ3v) is 2.66. The summed E-state index contributed by atoms with van der Waals surface area (Å²) < 4.78 is 0.778. The van der Waals surface area contributed by atoms with Crippen molar-refractivity contribution in [3.63, 3.8) is 0 Å². The summed E-state index contributed by atoms with van der Waals surface area (Å²) in [7, 11) is 0. The minimum Gasteiger partial charge on any atom is -0.297 e. The van der Waals surface area contributed by atoms with E-state index >= 15 is 0 Å². The first-order valence-electron chi connectivity index (χ1n) is 3.93. The van der Waals surface area contributed by atoms with Gasteiger partial charge < -0.3 is 0 Å². The average molecular weight is 274 g/mol. The molecule has 1 heterocycles. The number of H-pyrrole nitrogens is 1. The van der Waals surface area contributed by atoms with E-state index in [1.165, 1.54) is 0 Å². The molecule has 0 fully saturated rings. The van der Waals surface area contributed by atoms with Gasteiger partial charge in [-0.1, -0.05) is 0 Å². The number of aromatic nitrogens is 2. The zero-order chi connectivity index (χ0) is 10.3. The van der Waals surface area contributed by atoms with Crippen molar-refractivity contribution in [3.8, 4) is 0 Å². The molecule has 0 saturated heterocycles. The third kappa shape index (κ3) is 1.55. The molecule has 0 aliphatic rings. The Morgan fingerprint density at radius 3 is 2.93 bits per heavy atom. The van der Waals surface area contributed by atoms with Crippen LogP contribution in [0.2, 0.25) is 5.28 Å². The van der Waals surface area contributed by atoms with E-state index in [0.717, 1.165) is 10.0 Å². The van der Waals surface area contributed by atoms with Gasteiger partial charge in [0, 0.05) is 4.47 Å². The Labute approximate surface area is 93.2 Å². The first kappa shape index (κ1) is 9.68. The number of aromatic amines is 1. The topological polar surface area (TPSA) is 45.8 Å². The zero-order valence-corrected chi connectivity index (χ0v) is 9.61. The Morgan fingerprint density at radius 2 is 2.21 bits per heavy atom. The highest BCUT2D eigenvalue weighted by Gasteiger charge is 2.06. The van der Waals surface area contributed by atoms with E-state index in [1.54, 1.807) is 6.07 Å². The molecule has 0 radical (unpaired) electrons. The van der Waals surface area contributed by atoms with Gasteiger partial charge in [0.2, 0.25) is 5.28 Å². The van der Waals surface area contributed by atoms with Crippen LogP contribution in [0.1, 0.15) is 5.56 Å². The minimum absolute atomic E-state index is 0.104. The van der Waals surface area contributed by atoms with Crippen LogP contribution >= 0.6 is 27.5 Å². The van der Waals surface area contributed by atoms with E-state index in [0.29, 0.717) is 10.9 Å². The normalized spacial score (nSPS) is 10.8. The van der Waals surface area contributed by atoms with E-state index < -0.39 is 0 Å². The molecule has 2 rings (SSSR count). The maximum Gasteiger partial charge on any atom is 0.259 e. The monoisotopic (exact) mass is 272 g/mol. The quantitative estimate of drug-likeness (QED) is 0.750. The molecule has 0 spiro atoms. The molecule has 0 bridgehead atoms. The molecule has 3 nitrogen and oxygen atoms in total. The molecular weight excluding hydrogens is 267 g/mol. The van der Waals surface area contributed by atoms with Crippen LogP contribution in [0.15, 0.2) is 21.4 Å². The smallest absolute Gasteiger partial charge is 0.259 e. The first-order chi connectivity index (χ1) is 6.58. The molecule has 14 heavy (non-hydrogen) atoms. The summed E-state index contributed by atoms with van der Waals surface area (Å²) >= 11 is 8.99. The largest absolute Gasteiger partial charge is 0.297 e. The van der Waals surface area contributed by atoms with Gasteiger partial charge in [-0.05, 0) is 52.2 Å². The number of aryl methyl sites for hydroxylation is 1. The van der Waals surface area contributed by atoms with Gasteiger partial charge in [0.15, 0.2) is 0 Å². The van der Waals surface area contributed by atoms with Crippen LogP contribution in [0.5, 0.6) is 0 Å². The molecule has 0 saturated carbocycles. The van der Waals surface area contributed by atoms with E-state index in [4.69, 9.17) is 11.6 Å². The predicted molar refractivity (Wildman–Crippen MR) is 59.8 cm³/mol. The standard InChI is InChI=1S/C9H6BrClN2O/c1-4-2-5-7(6(10)3-4)12-9(11)13-8(5)14/h2-3H,1H3,(H,12,13,14). The van der Waals surface area contributed by atoms with Crippen molar-refractivity contribution in [1.82, 2.24) is 9.97 Å². The van der Waals surface area contributed by atoms with Gasteiger partial charge in [-0.15, -0.1) is 0 Å². The molecular formula is C9H6BrClN2O. The fourth-order valence-electron chi connectivity index (χ4n) is 1.31. The van der Waals surface area contributed by atoms with Crippen molar-refractivity contribution in [2.24, 2.45) is 0 Å². The summed E-state index contributed by atoms with van der Waals surface area (Å²) in [5.41, 5.74) is 1.37. The van der Waals surface area contributed by atoms with Crippen molar-refractivity contribution in [3.05, 3.63) is 37.8 Å². The summed E-state index contributed by atoms with van der Waals surface area (Å²) in [4.78, 5) is 18.0. The summed E-state index contributed by atoms with van der Waals surface area (Å²) in [6, 6.07) is 3.67. The minimum atomic E-state index is -0.218. The molecule has 72 valence electrons. The maximum absolute atomic E-state index is 11.5. The van der Waals surface area contributed by atoms with Gasteiger partial charge in [-0.25, -0.2) is 4.98 Å². The summed E-state index contributed by atoms with van der Waals surface area (Å²) in [5, 5.41) is 0.647. The molecule has 2 aromatic rings. The van der Waals surface area contributed by atoms with Crippen molar-refractivity contribution in [1.29, 1.82) is 0 Å². The van der Waals surface area contributed by atoms with Gasteiger partial charge in [0.05, 0.1) is 10.9 Å². The second-order valence-corrected chi connectivity index (χ2v) is 4.21. The van der Waals surface area contributed by atoms with E-state index in [9.17, 15) is 4.79 Å². The number of hydrogen-bond donors (Lipinski definition) is 1. The van der Waals surface area contributed by atoms with Crippen molar-refractivity contribution < 1.29 is 0 Å². The second-order valence-electron chi connectivity index (χ2n) is 3.00. The van der Waals surface area contributed by atoms with Crippen LogP contribution in [0.25, 0.3) is 10.9 Å². The van der Waals surface area contributed by atoms with E-state index in [1.807, 2.05) is 13.0 Å². The SMILES string of the molecule is Cc1cc(Br)c2nc(Cl)[nH]c(=O)c2c1. The molecule has 0 atom stereocenters. The third-order valence-electron chi connectivity index (χ3n) is 1.88. The molecule has 1 N–H and O–H groups in total. The number of fused-ring (bicyclic) bond motifs is 1. The van der Waals surface area contributed by atoms with Crippen LogP contribution in [0.3, 0.4) is 0 Å². The number of halogens is 2.